The van der Waals surface area contributed by atoms with Crippen LogP contribution in [0.2, 0.25) is 0 Å². The Morgan fingerprint density at radius 1 is 1.24 bits per heavy atom. The molecule has 0 unspecified atom stereocenters. The molecule has 0 saturated heterocycles. The second-order valence-corrected chi connectivity index (χ2v) is 5.90. The van der Waals surface area contributed by atoms with E-state index in [2.05, 4.69) is 26.2 Å². The van der Waals surface area contributed by atoms with E-state index in [1.54, 1.807) is 24.3 Å². The number of ether oxygens (including phenoxy) is 1. The molecule has 1 fully saturated rings. The van der Waals surface area contributed by atoms with Crippen LogP contribution in [0.4, 0.5) is 4.79 Å². The summed E-state index contributed by atoms with van der Waals surface area (Å²) in [7, 11) is 0. The minimum atomic E-state index is -0.499. The first-order valence-electron chi connectivity index (χ1n) is 8.27. The van der Waals surface area contributed by atoms with Gasteiger partial charge < -0.3 is 10.1 Å². The first-order chi connectivity index (χ1) is 12.2. The van der Waals surface area contributed by atoms with Crippen molar-refractivity contribution in [2.75, 3.05) is 6.61 Å². The summed E-state index contributed by atoms with van der Waals surface area (Å²) in [6, 6.07) is 6.66. The third-order valence-corrected chi connectivity index (χ3v) is 3.99. The number of amides is 3. The standard InChI is InChI=1S/C16H20N6O3/c23-15(19-16(24)18-12-5-2-1-3-6-12)10-25-14-8-4-7-13(9-14)22-11-17-20-21-22/h4,7-9,11-12H,1-3,5-6,10H2,(H2,18,19,23,24). The van der Waals surface area contributed by atoms with E-state index in [-0.39, 0.29) is 12.6 Å². The highest BCUT2D eigenvalue weighted by molar-refractivity contribution is 5.95. The Balaban J connectivity index is 1.45. The van der Waals surface area contributed by atoms with Crippen LogP contribution in [0, 0.1) is 0 Å². The smallest absolute Gasteiger partial charge is 0.321 e. The highest BCUT2D eigenvalue weighted by Gasteiger charge is 2.17. The van der Waals surface area contributed by atoms with Gasteiger partial charge in [0.05, 0.1) is 5.69 Å². The number of rotatable bonds is 5. The number of carbonyl (C=O) groups excluding carboxylic acids is 2. The molecule has 1 heterocycles. The molecule has 132 valence electrons. The summed E-state index contributed by atoms with van der Waals surface area (Å²) in [4.78, 5) is 23.7. The van der Waals surface area contributed by atoms with Gasteiger partial charge in [-0.05, 0) is 35.4 Å². The minimum absolute atomic E-state index is 0.149. The molecule has 3 rings (SSSR count). The average Bonchev–Trinajstić information content (AvgIpc) is 3.16. The summed E-state index contributed by atoms with van der Waals surface area (Å²) in [5.41, 5.74) is 0.706. The molecule has 1 aromatic heterocycles. The molecule has 1 aliphatic rings. The van der Waals surface area contributed by atoms with E-state index in [0.29, 0.717) is 11.4 Å². The van der Waals surface area contributed by atoms with Crippen molar-refractivity contribution in [1.82, 2.24) is 30.8 Å². The molecule has 9 heteroatoms. The SMILES string of the molecule is O=C(COc1cccc(-n2cnnn2)c1)NC(=O)NC1CCCCC1. The third kappa shape index (κ3) is 5.00. The summed E-state index contributed by atoms with van der Waals surface area (Å²) in [5.74, 6) is -0.0167. The number of hydrogen-bond donors (Lipinski definition) is 2. The highest BCUT2D eigenvalue weighted by atomic mass is 16.5. The molecule has 0 aliphatic heterocycles. The van der Waals surface area contributed by atoms with Crippen LogP contribution in [-0.4, -0.2) is 44.8 Å². The molecular formula is C16H20N6O3. The maximum Gasteiger partial charge on any atom is 0.321 e. The molecule has 2 aromatic rings. The molecule has 1 aliphatic carbocycles. The summed E-state index contributed by atoms with van der Waals surface area (Å²) in [5, 5.41) is 16.0. The van der Waals surface area contributed by atoms with Gasteiger partial charge in [-0.2, -0.15) is 0 Å². The molecular weight excluding hydrogens is 324 g/mol. The number of benzene rings is 1. The van der Waals surface area contributed by atoms with Gasteiger partial charge in [0.15, 0.2) is 6.61 Å². The van der Waals surface area contributed by atoms with Gasteiger partial charge in [0.1, 0.15) is 12.1 Å². The number of nitrogens with one attached hydrogen (secondary N) is 2. The molecule has 0 radical (unpaired) electrons. The predicted molar refractivity (Wildman–Crippen MR) is 88.2 cm³/mol. The van der Waals surface area contributed by atoms with Crippen molar-refractivity contribution in [2.24, 2.45) is 0 Å². The first-order valence-corrected chi connectivity index (χ1v) is 8.27. The quantitative estimate of drug-likeness (QED) is 0.843. The lowest BCUT2D eigenvalue weighted by molar-refractivity contribution is -0.122. The molecule has 2 N–H and O–H groups in total. The van der Waals surface area contributed by atoms with Gasteiger partial charge in [0.25, 0.3) is 5.91 Å². The zero-order valence-corrected chi connectivity index (χ0v) is 13.7. The van der Waals surface area contributed by atoms with E-state index >= 15 is 0 Å². The second kappa shape index (κ2) is 8.22. The molecule has 25 heavy (non-hydrogen) atoms. The Morgan fingerprint density at radius 3 is 2.84 bits per heavy atom. The van der Waals surface area contributed by atoms with Crippen molar-refractivity contribution in [1.29, 1.82) is 0 Å². The lowest BCUT2D eigenvalue weighted by Gasteiger charge is -2.22. The van der Waals surface area contributed by atoms with Gasteiger partial charge in [-0.15, -0.1) is 5.10 Å². The van der Waals surface area contributed by atoms with E-state index in [1.807, 2.05) is 0 Å². The van der Waals surface area contributed by atoms with Crippen LogP contribution < -0.4 is 15.4 Å². The Morgan fingerprint density at radius 2 is 2.08 bits per heavy atom. The van der Waals surface area contributed by atoms with Gasteiger partial charge in [-0.25, -0.2) is 9.48 Å². The average molecular weight is 344 g/mol. The van der Waals surface area contributed by atoms with Gasteiger partial charge in [0.2, 0.25) is 0 Å². The Bertz CT molecular complexity index is 712. The summed E-state index contributed by atoms with van der Waals surface area (Å²) < 4.78 is 6.90. The molecule has 0 atom stereocenters. The largest absolute Gasteiger partial charge is 0.484 e. The molecule has 0 spiro atoms. The maximum absolute atomic E-state index is 11.8. The van der Waals surface area contributed by atoms with Gasteiger partial charge >= 0.3 is 6.03 Å². The van der Waals surface area contributed by atoms with Crippen molar-refractivity contribution in [2.45, 2.75) is 38.1 Å². The van der Waals surface area contributed by atoms with Gasteiger partial charge in [-0.1, -0.05) is 25.3 Å². The number of urea groups is 1. The summed E-state index contributed by atoms with van der Waals surface area (Å²) in [6.07, 6.45) is 6.81. The van der Waals surface area contributed by atoms with E-state index < -0.39 is 11.9 Å². The fourth-order valence-electron chi connectivity index (χ4n) is 2.78. The summed E-state index contributed by atoms with van der Waals surface area (Å²) >= 11 is 0. The summed E-state index contributed by atoms with van der Waals surface area (Å²) in [6.45, 7) is -0.253. The van der Waals surface area contributed by atoms with Gasteiger partial charge in [0, 0.05) is 12.1 Å². The Labute approximate surface area is 144 Å². The number of carbonyl (C=O) groups is 2. The third-order valence-electron chi connectivity index (χ3n) is 3.99. The van der Waals surface area contributed by atoms with E-state index in [1.165, 1.54) is 17.4 Å². The van der Waals surface area contributed by atoms with Crippen LogP contribution in [0.1, 0.15) is 32.1 Å². The van der Waals surface area contributed by atoms with Crippen molar-refractivity contribution < 1.29 is 14.3 Å². The number of aromatic nitrogens is 4. The van der Waals surface area contributed by atoms with Crippen LogP contribution in [0.15, 0.2) is 30.6 Å². The fourth-order valence-corrected chi connectivity index (χ4v) is 2.78. The number of tetrazole rings is 1. The van der Waals surface area contributed by atoms with Crippen LogP contribution in [0.25, 0.3) is 5.69 Å². The zero-order chi connectivity index (χ0) is 17.5. The predicted octanol–water partition coefficient (Wildman–Crippen LogP) is 1.20. The van der Waals surface area contributed by atoms with Crippen molar-refractivity contribution in [3.05, 3.63) is 30.6 Å². The first kappa shape index (κ1) is 16.9. The second-order valence-electron chi connectivity index (χ2n) is 5.90. The molecule has 1 saturated carbocycles. The lowest BCUT2D eigenvalue weighted by Crippen LogP contribution is -2.46. The Kier molecular flexibility index (Phi) is 5.55. The fraction of sp³-hybridized carbons (Fsp3) is 0.438. The number of nitrogens with zero attached hydrogens (tertiary/aromatic N) is 4. The zero-order valence-electron chi connectivity index (χ0n) is 13.7. The molecule has 9 nitrogen and oxygen atoms in total. The highest BCUT2D eigenvalue weighted by Crippen LogP contribution is 2.17. The van der Waals surface area contributed by atoms with Crippen LogP contribution in [-0.2, 0) is 4.79 Å². The molecule has 3 amide bonds. The number of hydrogen-bond acceptors (Lipinski definition) is 6. The van der Waals surface area contributed by atoms with Gasteiger partial charge in [-0.3, -0.25) is 10.1 Å². The molecule has 0 bridgehead atoms. The Hall–Kier alpha value is -2.97. The van der Waals surface area contributed by atoms with E-state index in [9.17, 15) is 9.59 Å². The number of imide groups is 1. The van der Waals surface area contributed by atoms with Crippen LogP contribution in [0.5, 0.6) is 5.75 Å². The van der Waals surface area contributed by atoms with E-state index in [0.717, 1.165) is 25.7 Å². The lowest BCUT2D eigenvalue weighted by atomic mass is 9.96. The van der Waals surface area contributed by atoms with Crippen LogP contribution >= 0.6 is 0 Å². The topological polar surface area (TPSA) is 111 Å². The van der Waals surface area contributed by atoms with E-state index in [4.69, 9.17) is 4.74 Å². The maximum atomic E-state index is 11.8. The monoisotopic (exact) mass is 344 g/mol. The normalized spacial score (nSPS) is 14.7. The minimum Gasteiger partial charge on any atom is -0.484 e. The van der Waals surface area contributed by atoms with Crippen molar-refractivity contribution >= 4 is 11.9 Å². The van der Waals surface area contributed by atoms with Crippen molar-refractivity contribution in [3.63, 3.8) is 0 Å². The van der Waals surface area contributed by atoms with Crippen LogP contribution in [0.3, 0.4) is 0 Å². The molecule has 1 aromatic carbocycles. The van der Waals surface area contributed by atoms with Crippen molar-refractivity contribution in [3.8, 4) is 11.4 Å².